The highest BCUT2D eigenvalue weighted by Gasteiger charge is 2.11. The molecular formula is C21H17ClN4O2. The monoisotopic (exact) mass is 392 g/mol. The second-order valence-corrected chi connectivity index (χ2v) is 6.65. The summed E-state index contributed by atoms with van der Waals surface area (Å²) in [4.78, 5) is 21.1. The van der Waals surface area contributed by atoms with Crippen LogP contribution in [0.3, 0.4) is 0 Å². The lowest BCUT2D eigenvalue weighted by Gasteiger charge is -2.08. The Balaban J connectivity index is 1.73. The number of nitrogens with one attached hydrogen (secondary N) is 1. The normalized spacial score (nSPS) is 10.9. The third-order valence-corrected chi connectivity index (χ3v) is 4.61. The average molecular weight is 393 g/mol. The number of imidazole rings is 1. The zero-order valence-electron chi connectivity index (χ0n) is 14.8. The van der Waals surface area contributed by atoms with E-state index in [1.54, 1.807) is 24.5 Å². The summed E-state index contributed by atoms with van der Waals surface area (Å²) >= 11 is 5.99. The quantitative estimate of drug-likeness (QED) is 0.545. The highest BCUT2D eigenvalue weighted by molar-refractivity contribution is 6.30. The minimum atomic E-state index is -0.235. The Hall–Kier alpha value is -3.22. The molecule has 0 saturated carbocycles. The van der Waals surface area contributed by atoms with E-state index in [9.17, 15) is 4.79 Å². The number of hydrogen-bond acceptors (Lipinski definition) is 4. The van der Waals surface area contributed by atoms with Gasteiger partial charge in [-0.15, -0.1) is 0 Å². The fourth-order valence-electron chi connectivity index (χ4n) is 2.96. The van der Waals surface area contributed by atoms with Crippen molar-refractivity contribution in [3.8, 4) is 22.5 Å². The maximum Gasteiger partial charge on any atom is 0.251 e. The van der Waals surface area contributed by atoms with Crippen LogP contribution in [0.15, 0.2) is 67.1 Å². The molecule has 4 aromatic rings. The first kappa shape index (κ1) is 18.2. The maximum atomic E-state index is 12.2. The molecule has 140 valence electrons. The highest BCUT2D eigenvalue weighted by Crippen LogP contribution is 2.25. The van der Waals surface area contributed by atoms with Gasteiger partial charge >= 0.3 is 0 Å². The summed E-state index contributed by atoms with van der Waals surface area (Å²) in [5.74, 6) is -0.235. The second kappa shape index (κ2) is 7.80. The summed E-state index contributed by atoms with van der Waals surface area (Å²) in [6.07, 6.45) is 5.40. The molecule has 0 fully saturated rings. The molecule has 0 aliphatic rings. The van der Waals surface area contributed by atoms with Crippen LogP contribution < -0.4 is 5.32 Å². The molecular weight excluding hydrogens is 376 g/mol. The van der Waals surface area contributed by atoms with E-state index >= 15 is 0 Å². The van der Waals surface area contributed by atoms with Crippen molar-refractivity contribution in [1.82, 2.24) is 19.7 Å². The van der Waals surface area contributed by atoms with E-state index in [0.29, 0.717) is 10.6 Å². The fraction of sp³-hybridized carbons (Fsp3) is 0.0952. The van der Waals surface area contributed by atoms with Crippen molar-refractivity contribution in [2.24, 2.45) is 0 Å². The molecule has 2 aromatic heterocycles. The Morgan fingerprint density at radius 1 is 1.07 bits per heavy atom. The van der Waals surface area contributed by atoms with Gasteiger partial charge in [0.15, 0.2) is 5.65 Å². The number of hydrogen-bond donors (Lipinski definition) is 2. The molecule has 0 radical (unpaired) electrons. The van der Waals surface area contributed by atoms with Crippen LogP contribution in [0.1, 0.15) is 10.4 Å². The predicted molar refractivity (Wildman–Crippen MR) is 108 cm³/mol. The molecule has 7 heteroatoms. The van der Waals surface area contributed by atoms with Gasteiger partial charge in [0.2, 0.25) is 0 Å². The van der Waals surface area contributed by atoms with Crippen molar-refractivity contribution in [2.75, 3.05) is 13.2 Å². The molecule has 4 rings (SSSR count). The van der Waals surface area contributed by atoms with Gasteiger partial charge in [-0.05, 0) is 24.3 Å². The number of aliphatic hydroxyl groups excluding tert-OH is 1. The number of aromatic nitrogens is 3. The molecule has 2 heterocycles. The Morgan fingerprint density at radius 2 is 1.89 bits per heavy atom. The largest absolute Gasteiger partial charge is 0.395 e. The number of carbonyl (C=O) groups is 1. The van der Waals surface area contributed by atoms with Crippen molar-refractivity contribution < 1.29 is 9.90 Å². The zero-order chi connectivity index (χ0) is 19.5. The number of carbonyl (C=O) groups excluding carboxylic acids is 1. The van der Waals surface area contributed by atoms with Gasteiger partial charge in [-0.2, -0.15) is 0 Å². The van der Waals surface area contributed by atoms with Crippen LogP contribution in [-0.4, -0.2) is 38.5 Å². The van der Waals surface area contributed by atoms with E-state index in [2.05, 4.69) is 15.3 Å². The number of rotatable bonds is 5. The third kappa shape index (κ3) is 3.60. The van der Waals surface area contributed by atoms with Gasteiger partial charge in [0.1, 0.15) is 0 Å². The van der Waals surface area contributed by atoms with Crippen molar-refractivity contribution in [2.45, 2.75) is 0 Å². The molecule has 0 unspecified atom stereocenters. The minimum absolute atomic E-state index is 0.0994. The maximum absolute atomic E-state index is 12.2. The lowest BCUT2D eigenvalue weighted by atomic mass is 10.1. The van der Waals surface area contributed by atoms with Crippen molar-refractivity contribution >= 4 is 23.2 Å². The third-order valence-electron chi connectivity index (χ3n) is 4.35. The van der Waals surface area contributed by atoms with Crippen LogP contribution in [0.2, 0.25) is 5.02 Å². The molecule has 0 saturated heterocycles. The van der Waals surface area contributed by atoms with Gasteiger partial charge in [0, 0.05) is 34.5 Å². The zero-order valence-corrected chi connectivity index (χ0v) is 15.6. The van der Waals surface area contributed by atoms with Crippen LogP contribution in [0.25, 0.3) is 28.2 Å². The van der Waals surface area contributed by atoms with Gasteiger partial charge in [0.25, 0.3) is 5.91 Å². The number of amides is 1. The number of nitrogens with zero attached hydrogens (tertiary/aromatic N) is 3. The molecule has 2 aromatic carbocycles. The topological polar surface area (TPSA) is 79.5 Å². The van der Waals surface area contributed by atoms with Gasteiger partial charge < -0.3 is 10.4 Å². The van der Waals surface area contributed by atoms with Crippen LogP contribution >= 0.6 is 11.6 Å². The number of aliphatic hydroxyl groups is 1. The standard InChI is InChI=1S/C21H17ClN4O2/c22-17-6-4-14(5-7-17)19-11-25-20-12-24-18(13-26(19)20)15-2-1-3-16(10-15)21(28)23-8-9-27/h1-7,10-13,27H,8-9H2,(H,23,28). The number of benzene rings is 2. The molecule has 28 heavy (non-hydrogen) atoms. The van der Waals surface area contributed by atoms with Gasteiger partial charge in [-0.3, -0.25) is 14.2 Å². The lowest BCUT2D eigenvalue weighted by molar-refractivity contribution is 0.0945. The first-order chi connectivity index (χ1) is 13.7. The minimum Gasteiger partial charge on any atom is -0.395 e. The molecule has 1 amide bonds. The van der Waals surface area contributed by atoms with Crippen LogP contribution in [0.5, 0.6) is 0 Å². The summed E-state index contributed by atoms with van der Waals surface area (Å²) in [7, 11) is 0. The Labute approximate surface area is 166 Å². The summed E-state index contributed by atoms with van der Waals surface area (Å²) in [5.41, 5.74) is 4.69. The van der Waals surface area contributed by atoms with E-state index in [0.717, 1.165) is 28.2 Å². The summed E-state index contributed by atoms with van der Waals surface area (Å²) < 4.78 is 1.96. The molecule has 6 nitrogen and oxygen atoms in total. The van der Waals surface area contributed by atoms with Gasteiger partial charge in [-0.25, -0.2) is 4.98 Å². The SMILES string of the molecule is O=C(NCCO)c1cccc(-c2cn3c(-c4ccc(Cl)cc4)cnc3cn2)c1. The Kier molecular flexibility index (Phi) is 5.06. The number of fused-ring (bicyclic) bond motifs is 1. The molecule has 0 bridgehead atoms. The molecule has 0 atom stereocenters. The first-order valence-electron chi connectivity index (χ1n) is 8.74. The van der Waals surface area contributed by atoms with E-state index < -0.39 is 0 Å². The van der Waals surface area contributed by atoms with Crippen molar-refractivity contribution in [3.05, 3.63) is 77.7 Å². The summed E-state index contributed by atoms with van der Waals surface area (Å²) in [5, 5.41) is 12.2. The van der Waals surface area contributed by atoms with Crippen LogP contribution in [-0.2, 0) is 0 Å². The predicted octanol–water partition coefficient (Wildman–Crippen LogP) is 3.44. The Morgan fingerprint density at radius 3 is 2.68 bits per heavy atom. The molecule has 0 aliphatic carbocycles. The Bertz CT molecular complexity index is 1140. The van der Waals surface area contributed by atoms with E-state index in [4.69, 9.17) is 16.7 Å². The molecule has 0 aliphatic heterocycles. The number of halogens is 1. The van der Waals surface area contributed by atoms with E-state index in [1.165, 1.54) is 0 Å². The average Bonchev–Trinajstić information content (AvgIpc) is 3.16. The van der Waals surface area contributed by atoms with Gasteiger partial charge in [-0.1, -0.05) is 35.9 Å². The smallest absolute Gasteiger partial charge is 0.251 e. The van der Waals surface area contributed by atoms with E-state index in [-0.39, 0.29) is 19.1 Å². The molecule has 2 N–H and O–H groups in total. The summed E-state index contributed by atoms with van der Waals surface area (Å²) in [6, 6.07) is 14.8. The van der Waals surface area contributed by atoms with Gasteiger partial charge in [0.05, 0.1) is 30.4 Å². The lowest BCUT2D eigenvalue weighted by Crippen LogP contribution is -2.26. The first-order valence-corrected chi connectivity index (χ1v) is 9.12. The fourth-order valence-corrected chi connectivity index (χ4v) is 3.09. The second-order valence-electron chi connectivity index (χ2n) is 6.21. The molecule has 0 spiro atoms. The van der Waals surface area contributed by atoms with Crippen molar-refractivity contribution in [3.63, 3.8) is 0 Å². The van der Waals surface area contributed by atoms with Crippen LogP contribution in [0.4, 0.5) is 0 Å². The van der Waals surface area contributed by atoms with E-state index in [1.807, 2.05) is 47.0 Å². The van der Waals surface area contributed by atoms with Crippen molar-refractivity contribution in [1.29, 1.82) is 0 Å². The highest BCUT2D eigenvalue weighted by atomic mass is 35.5. The summed E-state index contributed by atoms with van der Waals surface area (Å²) in [6.45, 7) is 0.116. The van der Waals surface area contributed by atoms with Crippen LogP contribution in [0, 0.1) is 0 Å².